The maximum atomic E-state index is 12.6. The molecule has 0 spiro atoms. The van der Waals surface area contributed by atoms with E-state index in [-0.39, 0.29) is 12.4 Å². The van der Waals surface area contributed by atoms with Gasteiger partial charge in [-0.05, 0) is 41.8 Å². The fourth-order valence-electron chi connectivity index (χ4n) is 3.85. The number of rotatable bonds is 5. The number of para-hydroxylation sites is 2. The smallest absolute Gasteiger partial charge is 0.419 e. The summed E-state index contributed by atoms with van der Waals surface area (Å²) in [7, 11) is 0. The molecule has 5 rings (SSSR count). The SMILES string of the molecule is O=C(OCCCn1c(=O)oc2ccccc21)c1ccc2c(c1)C(=O)c1ccccc1-2. The predicted molar refractivity (Wildman–Crippen MR) is 111 cm³/mol. The number of carbonyl (C=O) groups excluding carboxylic acids is 2. The summed E-state index contributed by atoms with van der Waals surface area (Å²) in [4.78, 5) is 37.0. The van der Waals surface area contributed by atoms with Crippen LogP contribution in [0.1, 0.15) is 32.7 Å². The van der Waals surface area contributed by atoms with Crippen LogP contribution in [0.5, 0.6) is 0 Å². The maximum absolute atomic E-state index is 12.6. The highest BCUT2D eigenvalue weighted by Crippen LogP contribution is 2.36. The van der Waals surface area contributed by atoms with E-state index in [9.17, 15) is 14.4 Å². The van der Waals surface area contributed by atoms with Gasteiger partial charge in [-0.2, -0.15) is 0 Å². The Morgan fingerprint density at radius 1 is 0.867 bits per heavy atom. The predicted octanol–water partition coefficient (Wildman–Crippen LogP) is 4.05. The molecule has 1 aromatic heterocycles. The fraction of sp³-hybridized carbons (Fsp3) is 0.125. The van der Waals surface area contributed by atoms with Gasteiger partial charge >= 0.3 is 11.7 Å². The lowest BCUT2D eigenvalue weighted by Gasteiger charge is -2.07. The van der Waals surface area contributed by atoms with Crippen LogP contribution in [0.4, 0.5) is 0 Å². The molecule has 1 heterocycles. The zero-order chi connectivity index (χ0) is 20.7. The van der Waals surface area contributed by atoms with Gasteiger partial charge in [-0.15, -0.1) is 0 Å². The summed E-state index contributed by atoms with van der Waals surface area (Å²) in [6, 6.07) is 19.6. The molecule has 6 heteroatoms. The van der Waals surface area contributed by atoms with E-state index in [0.29, 0.717) is 40.8 Å². The van der Waals surface area contributed by atoms with Crippen LogP contribution >= 0.6 is 0 Å². The molecule has 0 saturated carbocycles. The highest BCUT2D eigenvalue weighted by Gasteiger charge is 2.27. The summed E-state index contributed by atoms with van der Waals surface area (Å²) in [5.41, 5.74) is 4.46. The Morgan fingerprint density at radius 3 is 2.47 bits per heavy atom. The number of nitrogens with zero attached hydrogens (tertiary/aromatic N) is 1. The quantitative estimate of drug-likeness (QED) is 0.329. The van der Waals surface area contributed by atoms with Crippen LogP contribution in [0.15, 0.2) is 75.9 Å². The minimum absolute atomic E-state index is 0.0820. The molecule has 0 saturated heterocycles. The van der Waals surface area contributed by atoms with Gasteiger partial charge < -0.3 is 9.15 Å². The molecule has 1 aliphatic carbocycles. The van der Waals surface area contributed by atoms with Gasteiger partial charge in [0.1, 0.15) is 0 Å². The summed E-state index contributed by atoms with van der Waals surface area (Å²) in [6.45, 7) is 0.525. The summed E-state index contributed by atoms with van der Waals surface area (Å²) < 4.78 is 12.1. The number of hydrogen-bond acceptors (Lipinski definition) is 5. The lowest BCUT2D eigenvalue weighted by Crippen LogP contribution is -2.16. The van der Waals surface area contributed by atoms with Crippen molar-refractivity contribution in [2.75, 3.05) is 6.61 Å². The number of ketones is 1. The number of oxazole rings is 1. The molecule has 0 atom stereocenters. The van der Waals surface area contributed by atoms with Crippen molar-refractivity contribution in [3.8, 4) is 11.1 Å². The van der Waals surface area contributed by atoms with E-state index < -0.39 is 11.7 Å². The van der Waals surface area contributed by atoms with E-state index in [1.807, 2.05) is 30.3 Å². The van der Waals surface area contributed by atoms with E-state index in [0.717, 1.165) is 11.1 Å². The molecule has 6 nitrogen and oxygen atoms in total. The molecule has 4 aromatic rings. The minimum atomic E-state index is -0.494. The molecule has 148 valence electrons. The zero-order valence-corrected chi connectivity index (χ0v) is 16.0. The summed E-state index contributed by atoms with van der Waals surface area (Å²) >= 11 is 0. The Labute approximate surface area is 171 Å². The van der Waals surface area contributed by atoms with Crippen molar-refractivity contribution in [1.82, 2.24) is 4.57 Å². The standard InChI is InChI=1S/C24H17NO5/c26-22-18-7-2-1-6-16(18)17-11-10-15(14-19(17)22)23(27)29-13-5-12-25-20-8-3-4-9-21(20)30-24(25)28/h1-4,6-11,14H,5,12-13H2. The van der Waals surface area contributed by atoms with Gasteiger partial charge in [0.2, 0.25) is 0 Å². The fourth-order valence-corrected chi connectivity index (χ4v) is 3.85. The number of benzene rings is 3. The van der Waals surface area contributed by atoms with Gasteiger partial charge in [-0.1, -0.05) is 42.5 Å². The van der Waals surface area contributed by atoms with Crippen molar-refractivity contribution in [3.05, 3.63) is 94.0 Å². The van der Waals surface area contributed by atoms with E-state index >= 15 is 0 Å². The molecule has 0 amide bonds. The molecular formula is C24H17NO5. The van der Waals surface area contributed by atoms with Gasteiger partial charge in [0.15, 0.2) is 11.4 Å². The molecule has 30 heavy (non-hydrogen) atoms. The summed E-state index contributed by atoms with van der Waals surface area (Å²) in [5.74, 6) is -1.01. The average Bonchev–Trinajstić information content (AvgIpc) is 3.25. The number of ether oxygens (including phenoxy) is 1. The zero-order valence-electron chi connectivity index (χ0n) is 16.0. The second kappa shape index (κ2) is 7.15. The van der Waals surface area contributed by atoms with Gasteiger partial charge in [0.25, 0.3) is 0 Å². The summed E-state index contributed by atoms with van der Waals surface area (Å²) in [5, 5.41) is 0. The Hall–Kier alpha value is -3.93. The van der Waals surface area contributed by atoms with Crippen LogP contribution in [-0.4, -0.2) is 22.9 Å². The highest BCUT2D eigenvalue weighted by atomic mass is 16.5. The Kier molecular flexibility index (Phi) is 4.32. The van der Waals surface area contributed by atoms with Crippen molar-refractivity contribution in [3.63, 3.8) is 0 Å². The maximum Gasteiger partial charge on any atom is 0.419 e. The van der Waals surface area contributed by atoms with Crippen molar-refractivity contribution in [2.24, 2.45) is 0 Å². The highest BCUT2D eigenvalue weighted by molar-refractivity contribution is 6.22. The Bertz CT molecular complexity index is 1360. The van der Waals surface area contributed by atoms with Crippen LogP contribution in [0.3, 0.4) is 0 Å². The monoisotopic (exact) mass is 399 g/mol. The first-order chi connectivity index (χ1) is 14.6. The number of hydrogen-bond donors (Lipinski definition) is 0. The van der Waals surface area contributed by atoms with Gasteiger partial charge in [-0.3, -0.25) is 9.36 Å². The number of carbonyl (C=O) groups is 2. The second-order valence-electron chi connectivity index (χ2n) is 7.11. The van der Waals surface area contributed by atoms with E-state index in [4.69, 9.17) is 9.15 Å². The average molecular weight is 399 g/mol. The number of esters is 1. The molecule has 0 unspecified atom stereocenters. The number of aryl methyl sites for hydroxylation is 1. The third-order valence-electron chi connectivity index (χ3n) is 5.29. The molecule has 0 aliphatic heterocycles. The Morgan fingerprint density at radius 2 is 1.60 bits per heavy atom. The largest absolute Gasteiger partial charge is 0.462 e. The van der Waals surface area contributed by atoms with E-state index in [2.05, 4.69) is 0 Å². The number of fused-ring (bicyclic) bond motifs is 4. The van der Waals surface area contributed by atoms with Crippen molar-refractivity contribution in [2.45, 2.75) is 13.0 Å². The molecule has 0 radical (unpaired) electrons. The minimum Gasteiger partial charge on any atom is -0.462 e. The second-order valence-corrected chi connectivity index (χ2v) is 7.11. The molecule has 1 aliphatic rings. The number of aromatic nitrogens is 1. The van der Waals surface area contributed by atoms with Gasteiger partial charge in [0, 0.05) is 17.7 Å². The first-order valence-electron chi connectivity index (χ1n) is 9.67. The lowest BCUT2D eigenvalue weighted by atomic mass is 10.0. The van der Waals surface area contributed by atoms with Crippen molar-refractivity contribution in [1.29, 1.82) is 0 Å². The van der Waals surface area contributed by atoms with Crippen LogP contribution in [0.25, 0.3) is 22.2 Å². The normalized spacial score (nSPS) is 12.1. The van der Waals surface area contributed by atoms with Crippen LogP contribution in [-0.2, 0) is 11.3 Å². The third kappa shape index (κ3) is 2.93. The van der Waals surface area contributed by atoms with E-state index in [1.165, 1.54) is 4.57 Å². The Balaban J connectivity index is 1.25. The van der Waals surface area contributed by atoms with Crippen LogP contribution in [0, 0.1) is 0 Å². The van der Waals surface area contributed by atoms with Gasteiger partial charge in [-0.25, -0.2) is 9.59 Å². The molecular weight excluding hydrogens is 382 g/mol. The first kappa shape index (κ1) is 18.1. The van der Waals surface area contributed by atoms with Crippen molar-refractivity contribution >= 4 is 22.9 Å². The first-order valence-corrected chi connectivity index (χ1v) is 9.67. The summed E-state index contributed by atoms with van der Waals surface area (Å²) in [6.07, 6.45) is 0.463. The molecule has 0 bridgehead atoms. The molecule has 3 aromatic carbocycles. The van der Waals surface area contributed by atoms with Crippen molar-refractivity contribution < 1.29 is 18.7 Å². The van der Waals surface area contributed by atoms with Gasteiger partial charge in [0.05, 0.1) is 17.7 Å². The topological polar surface area (TPSA) is 78.5 Å². The van der Waals surface area contributed by atoms with E-state index in [1.54, 1.807) is 36.4 Å². The van der Waals surface area contributed by atoms with Crippen LogP contribution < -0.4 is 5.76 Å². The third-order valence-corrected chi connectivity index (χ3v) is 5.29. The van der Waals surface area contributed by atoms with Crippen LogP contribution in [0.2, 0.25) is 0 Å². The lowest BCUT2D eigenvalue weighted by molar-refractivity contribution is 0.0496. The molecule has 0 N–H and O–H groups in total. The molecule has 0 fully saturated rings.